The van der Waals surface area contributed by atoms with Crippen LogP contribution in [0.2, 0.25) is 0 Å². The Balaban J connectivity index is 1.69. The summed E-state index contributed by atoms with van der Waals surface area (Å²) in [6.07, 6.45) is 1.53. The first-order chi connectivity index (χ1) is 15.7. The number of aliphatic hydroxyl groups is 1. The summed E-state index contributed by atoms with van der Waals surface area (Å²) in [5.41, 5.74) is 2.33. The number of rotatable bonds is 7. The molecule has 0 amide bonds. The van der Waals surface area contributed by atoms with Crippen LogP contribution in [-0.4, -0.2) is 48.1 Å². The van der Waals surface area contributed by atoms with E-state index in [4.69, 9.17) is 9.47 Å². The summed E-state index contributed by atoms with van der Waals surface area (Å²) in [6.45, 7) is 3.45. The fourth-order valence-electron chi connectivity index (χ4n) is 3.34. The summed E-state index contributed by atoms with van der Waals surface area (Å²) in [5.74, 6) is 0.960. The Labute approximate surface area is 196 Å². The molecule has 0 aliphatic heterocycles. The molecule has 0 aliphatic carbocycles. The summed E-state index contributed by atoms with van der Waals surface area (Å²) in [5, 5.41) is 9.91. The van der Waals surface area contributed by atoms with Crippen LogP contribution in [0.15, 0.2) is 59.7 Å². The van der Waals surface area contributed by atoms with Gasteiger partial charge in [-0.25, -0.2) is 4.98 Å². The highest BCUT2D eigenvalue weighted by Crippen LogP contribution is 2.33. The van der Waals surface area contributed by atoms with Gasteiger partial charge in [0.1, 0.15) is 17.6 Å². The number of anilines is 1. The molecule has 2 heterocycles. The van der Waals surface area contributed by atoms with Crippen molar-refractivity contribution in [1.82, 2.24) is 9.55 Å². The number of aromatic nitrogens is 2. The molecule has 0 unspecified atom stereocenters. The first kappa shape index (κ1) is 22.8. The Bertz CT molecular complexity index is 1330. The topological polar surface area (TPSA) is 76.8 Å². The molecule has 4 aromatic rings. The van der Waals surface area contributed by atoms with Gasteiger partial charge in [0, 0.05) is 30.7 Å². The van der Waals surface area contributed by atoms with Crippen molar-refractivity contribution in [2.45, 2.75) is 19.4 Å². The number of nitrogens with zero attached hydrogens (tertiary/aromatic N) is 3. The molecule has 172 valence electrons. The van der Waals surface area contributed by atoms with Crippen molar-refractivity contribution in [3.63, 3.8) is 0 Å². The van der Waals surface area contributed by atoms with Crippen LogP contribution < -0.4 is 19.9 Å². The van der Waals surface area contributed by atoms with Gasteiger partial charge in [-0.15, -0.1) is 11.3 Å². The van der Waals surface area contributed by atoms with Gasteiger partial charge in [-0.1, -0.05) is 12.1 Å². The second-order valence-electron chi connectivity index (χ2n) is 8.62. The third-order valence-electron chi connectivity index (χ3n) is 5.11. The lowest BCUT2D eigenvalue weighted by molar-refractivity contribution is 0.0276. The SMILES string of the molecule is COc1cc(-n2cnc3cc(-c4ccc(N(C)C)cc4)sc3c2=O)ccc1OCC(C)(C)O. The lowest BCUT2D eigenvalue weighted by atomic mass is 10.1. The van der Waals surface area contributed by atoms with Crippen molar-refractivity contribution in [3.8, 4) is 27.6 Å². The maximum atomic E-state index is 13.3. The van der Waals surface area contributed by atoms with Crippen LogP contribution >= 0.6 is 11.3 Å². The van der Waals surface area contributed by atoms with E-state index in [9.17, 15) is 9.90 Å². The van der Waals surface area contributed by atoms with Crippen molar-refractivity contribution in [1.29, 1.82) is 0 Å². The van der Waals surface area contributed by atoms with Gasteiger partial charge in [0.15, 0.2) is 11.5 Å². The fourth-order valence-corrected chi connectivity index (χ4v) is 4.39. The number of thiophene rings is 1. The molecular formula is C25H27N3O4S. The van der Waals surface area contributed by atoms with E-state index in [2.05, 4.69) is 29.2 Å². The number of ether oxygens (including phenoxy) is 2. The highest BCUT2D eigenvalue weighted by Gasteiger charge is 2.17. The van der Waals surface area contributed by atoms with Crippen LogP contribution in [0.1, 0.15) is 13.8 Å². The zero-order chi connectivity index (χ0) is 23.8. The molecule has 0 bridgehead atoms. The van der Waals surface area contributed by atoms with Crippen molar-refractivity contribution < 1.29 is 14.6 Å². The average Bonchev–Trinajstić information content (AvgIpc) is 3.23. The van der Waals surface area contributed by atoms with Crippen molar-refractivity contribution in [3.05, 3.63) is 65.2 Å². The smallest absolute Gasteiger partial charge is 0.275 e. The Hall–Kier alpha value is -3.36. The molecule has 8 heteroatoms. The summed E-state index contributed by atoms with van der Waals surface area (Å²) in [7, 11) is 5.54. The lowest BCUT2D eigenvalue weighted by Crippen LogP contribution is -2.28. The van der Waals surface area contributed by atoms with E-state index in [1.165, 1.54) is 29.3 Å². The molecule has 0 saturated carbocycles. The number of hydrogen-bond donors (Lipinski definition) is 1. The van der Waals surface area contributed by atoms with Gasteiger partial charge >= 0.3 is 0 Å². The summed E-state index contributed by atoms with van der Waals surface area (Å²) < 4.78 is 13.2. The van der Waals surface area contributed by atoms with E-state index in [1.807, 2.05) is 25.1 Å². The summed E-state index contributed by atoms with van der Waals surface area (Å²) >= 11 is 1.43. The van der Waals surface area contributed by atoms with E-state index in [0.717, 1.165) is 16.1 Å². The van der Waals surface area contributed by atoms with Crippen LogP contribution in [0.5, 0.6) is 11.5 Å². The molecular weight excluding hydrogens is 438 g/mol. The number of methoxy groups -OCH3 is 1. The Kier molecular flexibility index (Phi) is 6.14. The second-order valence-corrected chi connectivity index (χ2v) is 9.67. The summed E-state index contributed by atoms with van der Waals surface area (Å²) in [6, 6.07) is 15.4. The van der Waals surface area contributed by atoms with Gasteiger partial charge in [0.05, 0.1) is 23.9 Å². The molecule has 33 heavy (non-hydrogen) atoms. The van der Waals surface area contributed by atoms with E-state index in [1.54, 1.807) is 32.0 Å². The molecule has 0 aliphatic rings. The van der Waals surface area contributed by atoms with Crippen LogP contribution in [-0.2, 0) is 0 Å². The van der Waals surface area contributed by atoms with E-state index >= 15 is 0 Å². The molecule has 2 aromatic carbocycles. The number of benzene rings is 2. The maximum absolute atomic E-state index is 13.3. The molecule has 2 aromatic heterocycles. The zero-order valence-corrected chi connectivity index (χ0v) is 20.1. The lowest BCUT2D eigenvalue weighted by Gasteiger charge is -2.19. The molecule has 4 rings (SSSR count). The van der Waals surface area contributed by atoms with Gasteiger partial charge < -0.3 is 19.5 Å². The summed E-state index contributed by atoms with van der Waals surface area (Å²) in [4.78, 5) is 20.8. The Morgan fingerprint density at radius 3 is 2.45 bits per heavy atom. The minimum absolute atomic E-state index is 0.115. The maximum Gasteiger partial charge on any atom is 0.275 e. The van der Waals surface area contributed by atoms with Gasteiger partial charge in [0.25, 0.3) is 5.56 Å². The van der Waals surface area contributed by atoms with Crippen molar-refractivity contribution in [2.24, 2.45) is 0 Å². The minimum Gasteiger partial charge on any atom is -0.493 e. The van der Waals surface area contributed by atoms with Gasteiger partial charge in [-0.05, 0) is 49.7 Å². The predicted molar refractivity (Wildman–Crippen MR) is 133 cm³/mol. The predicted octanol–water partition coefficient (Wildman–Crippen LogP) is 4.34. The van der Waals surface area contributed by atoms with E-state index in [0.29, 0.717) is 27.4 Å². The molecule has 0 atom stereocenters. The van der Waals surface area contributed by atoms with Gasteiger partial charge in [0.2, 0.25) is 0 Å². The third kappa shape index (κ3) is 4.86. The zero-order valence-electron chi connectivity index (χ0n) is 19.3. The Morgan fingerprint density at radius 2 is 1.82 bits per heavy atom. The van der Waals surface area contributed by atoms with Crippen LogP contribution in [0, 0.1) is 0 Å². The molecule has 0 radical (unpaired) electrons. The van der Waals surface area contributed by atoms with Crippen molar-refractivity contribution >= 4 is 27.2 Å². The van der Waals surface area contributed by atoms with Crippen LogP contribution in [0.4, 0.5) is 5.69 Å². The van der Waals surface area contributed by atoms with Crippen LogP contribution in [0.3, 0.4) is 0 Å². The first-order valence-electron chi connectivity index (χ1n) is 10.5. The molecule has 1 N–H and O–H groups in total. The minimum atomic E-state index is -0.973. The highest BCUT2D eigenvalue weighted by atomic mass is 32.1. The third-order valence-corrected chi connectivity index (χ3v) is 6.27. The quantitative estimate of drug-likeness (QED) is 0.438. The average molecular weight is 466 g/mol. The molecule has 0 fully saturated rings. The molecule has 0 saturated heterocycles. The fraction of sp³-hybridized carbons (Fsp3) is 0.280. The first-order valence-corrected chi connectivity index (χ1v) is 11.3. The van der Waals surface area contributed by atoms with Crippen LogP contribution in [0.25, 0.3) is 26.3 Å². The monoisotopic (exact) mass is 465 g/mol. The number of hydrogen-bond acceptors (Lipinski definition) is 7. The van der Waals surface area contributed by atoms with Crippen molar-refractivity contribution in [2.75, 3.05) is 32.7 Å². The Morgan fingerprint density at radius 1 is 1.09 bits per heavy atom. The van der Waals surface area contributed by atoms with Gasteiger partial charge in [-0.2, -0.15) is 0 Å². The van der Waals surface area contributed by atoms with Gasteiger partial charge in [-0.3, -0.25) is 9.36 Å². The van der Waals surface area contributed by atoms with E-state index in [-0.39, 0.29) is 12.2 Å². The number of fused-ring (bicyclic) bond motifs is 1. The highest BCUT2D eigenvalue weighted by molar-refractivity contribution is 7.22. The molecule has 0 spiro atoms. The largest absolute Gasteiger partial charge is 0.493 e. The standard InChI is InChI=1S/C25H27N3O4S/c1-25(2,30)14-32-20-11-10-18(12-21(20)31-5)28-15-26-19-13-22(33-23(19)24(28)29)16-6-8-17(9-7-16)27(3)4/h6-13,15,30H,14H2,1-5H3. The normalized spacial score (nSPS) is 11.6. The molecule has 7 nitrogen and oxygen atoms in total. The second kappa shape index (κ2) is 8.88. The van der Waals surface area contributed by atoms with E-state index < -0.39 is 5.60 Å².